The molecule has 0 aliphatic heterocycles. The van der Waals surface area contributed by atoms with Crippen LogP contribution in [0.3, 0.4) is 0 Å². The minimum Gasteiger partial charge on any atom is -0.326 e. The van der Waals surface area contributed by atoms with E-state index in [1.807, 2.05) is 37.3 Å². The number of anilines is 1. The lowest BCUT2D eigenvalue weighted by molar-refractivity contribution is -0.115. The van der Waals surface area contributed by atoms with Gasteiger partial charge in [0, 0.05) is 29.3 Å². The van der Waals surface area contributed by atoms with Crippen molar-refractivity contribution in [3.05, 3.63) is 54.6 Å². The summed E-state index contributed by atoms with van der Waals surface area (Å²) in [4.78, 5) is 13.3. The standard InChI is InChI=1S/C18H22N2O3S2/c1-2-13-19-25(22,23)17-10-8-15(9-11-17)20-18(21)12-14-24-16-6-4-3-5-7-16/h3-11,19H,2,12-14H2,1H3,(H,20,21). The maximum atomic E-state index is 12.0. The third kappa shape index (κ3) is 6.53. The van der Waals surface area contributed by atoms with Gasteiger partial charge < -0.3 is 5.32 Å². The Hall–Kier alpha value is -1.83. The summed E-state index contributed by atoms with van der Waals surface area (Å²) >= 11 is 1.62. The number of amides is 1. The minimum atomic E-state index is -3.48. The summed E-state index contributed by atoms with van der Waals surface area (Å²) in [5.41, 5.74) is 0.587. The van der Waals surface area contributed by atoms with Crippen molar-refractivity contribution in [3.63, 3.8) is 0 Å². The van der Waals surface area contributed by atoms with Crippen molar-refractivity contribution in [2.75, 3.05) is 17.6 Å². The molecule has 25 heavy (non-hydrogen) atoms. The molecule has 7 heteroatoms. The quantitative estimate of drug-likeness (QED) is 0.655. The topological polar surface area (TPSA) is 75.3 Å². The summed E-state index contributed by atoms with van der Waals surface area (Å²) in [6.45, 7) is 2.30. The van der Waals surface area contributed by atoms with E-state index in [9.17, 15) is 13.2 Å². The first-order chi connectivity index (χ1) is 12.0. The Morgan fingerprint density at radius 3 is 2.36 bits per heavy atom. The van der Waals surface area contributed by atoms with Gasteiger partial charge in [-0.25, -0.2) is 13.1 Å². The molecule has 0 saturated carbocycles. The molecule has 0 unspecified atom stereocenters. The van der Waals surface area contributed by atoms with Crippen molar-refractivity contribution in [3.8, 4) is 0 Å². The summed E-state index contributed by atoms with van der Waals surface area (Å²) in [5.74, 6) is 0.589. The van der Waals surface area contributed by atoms with Gasteiger partial charge >= 0.3 is 0 Å². The molecule has 0 aliphatic carbocycles. The number of sulfonamides is 1. The highest BCUT2D eigenvalue weighted by Gasteiger charge is 2.12. The Bertz CT molecular complexity index is 776. The van der Waals surface area contributed by atoms with Crippen molar-refractivity contribution in [1.82, 2.24) is 4.72 Å². The monoisotopic (exact) mass is 378 g/mol. The van der Waals surface area contributed by atoms with E-state index in [-0.39, 0.29) is 10.8 Å². The molecule has 2 rings (SSSR count). The molecule has 134 valence electrons. The molecule has 0 heterocycles. The van der Waals surface area contributed by atoms with E-state index in [4.69, 9.17) is 0 Å². The zero-order chi connectivity index (χ0) is 18.1. The number of hydrogen-bond donors (Lipinski definition) is 2. The molecular weight excluding hydrogens is 356 g/mol. The zero-order valence-corrected chi connectivity index (χ0v) is 15.7. The van der Waals surface area contributed by atoms with Crippen LogP contribution in [0.1, 0.15) is 19.8 Å². The van der Waals surface area contributed by atoms with E-state index in [0.717, 1.165) is 11.3 Å². The molecule has 2 aromatic rings. The number of benzene rings is 2. The number of hydrogen-bond acceptors (Lipinski definition) is 4. The number of carbonyl (C=O) groups excluding carboxylic acids is 1. The molecule has 0 atom stereocenters. The summed E-state index contributed by atoms with van der Waals surface area (Å²) in [6, 6.07) is 16.1. The molecule has 0 aliphatic rings. The van der Waals surface area contributed by atoms with Gasteiger partial charge in [-0.2, -0.15) is 0 Å². The van der Waals surface area contributed by atoms with Crippen LogP contribution in [-0.2, 0) is 14.8 Å². The number of carbonyl (C=O) groups is 1. The van der Waals surface area contributed by atoms with E-state index in [2.05, 4.69) is 10.0 Å². The lowest BCUT2D eigenvalue weighted by atomic mass is 10.3. The van der Waals surface area contributed by atoms with Gasteiger partial charge in [-0.1, -0.05) is 25.1 Å². The lowest BCUT2D eigenvalue weighted by Gasteiger charge is -2.08. The molecule has 0 saturated heterocycles. The SMILES string of the molecule is CCCNS(=O)(=O)c1ccc(NC(=O)CCSc2ccccc2)cc1. The largest absolute Gasteiger partial charge is 0.326 e. The molecule has 0 bridgehead atoms. The lowest BCUT2D eigenvalue weighted by Crippen LogP contribution is -2.24. The van der Waals surface area contributed by atoms with E-state index in [0.29, 0.717) is 24.4 Å². The normalized spacial score (nSPS) is 11.2. The van der Waals surface area contributed by atoms with Crippen molar-refractivity contribution in [2.45, 2.75) is 29.6 Å². The first-order valence-electron chi connectivity index (χ1n) is 8.08. The molecule has 0 spiro atoms. The van der Waals surface area contributed by atoms with E-state index in [1.165, 1.54) is 12.1 Å². The van der Waals surface area contributed by atoms with Crippen LogP contribution in [0, 0.1) is 0 Å². The van der Waals surface area contributed by atoms with Crippen LogP contribution < -0.4 is 10.0 Å². The van der Waals surface area contributed by atoms with Crippen molar-refractivity contribution >= 4 is 33.4 Å². The van der Waals surface area contributed by atoms with Crippen LogP contribution in [0.5, 0.6) is 0 Å². The number of thioether (sulfide) groups is 1. The van der Waals surface area contributed by atoms with Crippen LogP contribution in [0.4, 0.5) is 5.69 Å². The molecule has 0 radical (unpaired) electrons. The van der Waals surface area contributed by atoms with E-state index in [1.54, 1.807) is 23.9 Å². The highest BCUT2D eigenvalue weighted by molar-refractivity contribution is 7.99. The highest BCUT2D eigenvalue weighted by Crippen LogP contribution is 2.18. The van der Waals surface area contributed by atoms with Crippen molar-refractivity contribution < 1.29 is 13.2 Å². The van der Waals surface area contributed by atoms with Gasteiger partial charge in [0.15, 0.2) is 0 Å². The number of nitrogens with one attached hydrogen (secondary N) is 2. The fourth-order valence-electron chi connectivity index (χ4n) is 2.04. The Labute approximate surface area is 153 Å². The Balaban J connectivity index is 1.83. The van der Waals surface area contributed by atoms with E-state index >= 15 is 0 Å². The number of rotatable bonds is 9. The molecule has 0 aromatic heterocycles. The van der Waals surface area contributed by atoms with Crippen molar-refractivity contribution in [2.24, 2.45) is 0 Å². The van der Waals surface area contributed by atoms with Gasteiger partial charge in [0.2, 0.25) is 15.9 Å². The highest BCUT2D eigenvalue weighted by atomic mass is 32.2. The Kier molecular flexibility index (Phi) is 7.49. The van der Waals surface area contributed by atoms with Crippen LogP contribution >= 0.6 is 11.8 Å². The fraction of sp³-hybridized carbons (Fsp3) is 0.278. The average molecular weight is 379 g/mol. The second-order valence-electron chi connectivity index (χ2n) is 5.38. The third-order valence-corrected chi connectivity index (χ3v) is 5.82. The van der Waals surface area contributed by atoms with E-state index < -0.39 is 10.0 Å². The van der Waals surface area contributed by atoms with Gasteiger partial charge in [0.25, 0.3) is 0 Å². The van der Waals surface area contributed by atoms with Gasteiger partial charge in [-0.05, 0) is 42.8 Å². The smallest absolute Gasteiger partial charge is 0.240 e. The predicted molar refractivity (Wildman–Crippen MR) is 102 cm³/mol. The summed E-state index contributed by atoms with van der Waals surface area (Å²) in [7, 11) is -3.48. The maximum Gasteiger partial charge on any atom is 0.240 e. The summed E-state index contributed by atoms with van der Waals surface area (Å²) in [6.07, 6.45) is 1.12. The molecule has 0 fully saturated rings. The van der Waals surface area contributed by atoms with Crippen LogP contribution in [0.25, 0.3) is 0 Å². The molecule has 2 N–H and O–H groups in total. The first-order valence-corrected chi connectivity index (χ1v) is 10.6. The molecular formula is C18H22N2O3S2. The minimum absolute atomic E-state index is 0.0943. The first kappa shape index (κ1) is 19.5. The second-order valence-corrected chi connectivity index (χ2v) is 8.32. The Morgan fingerprint density at radius 2 is 1.72 bits per heavy atom. The summed E-state index contributed by atoms with van der Waals surface area (Å²) in [5, 5.41) is 2.78. The van der Waals surface area contributed by atoms with Gasteiger partial charge in [-0.3, -0.25) is 4.79 Å². The summed E-state index contributed by atoms with van der Waals surface area (Å²) < 4.78 is 26.5. The van der Waals surface area contributed by atoms with Gasteiger partial charge in [-0.15, -0.1) is 11.8 Å². The average Bonchev–Trinajstić information content (AvgIpc) is 2.61. The maximum absolute atomic E-state index is 12.0. The van der Waals surface area contributed by atoms with Crippen LogP contribution in [0.15, 0.2) is 64.4 Å². The van der Waals surface area contributed by atoms with Crippen molar-refractivity contribution in [1.29, 1.82) is 0 Å². The van der Waals surface area contributed by atoms with Gasteiger partial charge in [0.1, 0.15) is 0 Å². The second kappa shape index (κ2) is 9.60. The third-order valence-electron chi connectivity index (χ3n) is 3.33. The van der Waals surface area contributed by atoms with Crippen LogP contribution in [-0.4, -0.2) is 26.6 Å². The Morgan fingerprint density at radius 1 is 1.04 bits per heavy atom. The fourth-order valence-corrected chi connectivity index (χ4v) is 4.05. The molecule has 2 aromatic carbocycles. The molecule has 5 nitrogen and oxygen atoms in total. The van der Waals surface area contributed by atoms with Gasteiger partial charge in [0.05, 0.1) is 4.90 Å². The molecule has 1 amide bonds. The zero-order valence-electron chi connectivity index (χ0n) is 14.1. The predicted octanol–water partition coefficient (Wildman–Crippen LogP) is 3.50. The van der Waals surface area contributed by atoms with Crippen LogP contribution in [0.2, 0.25) is 0 Å².